The highest BCUT2D eigenvalue weighted by atomic mass is 16.7. The highest BCUT2D eigenvalue weighted by Crippen LogP contribution is 2.58. The first-order valence-corrected chi connectivity index (χ1v) is 13.5. The molecule has 2 fully saturated rings. The minimum absolute atomic E-state index is 0.109. The van der Waals surface area contributed by atoms with E-state index in [1.54, 1.807) is 10.1 Å². The number of hydrogen-bond donors (Lipinski definition) is 0. The number of carboxylic acid groups (broad SMARTS) is 2. The summed E-state index contributed by atoms with van der Waals surface area (Å²) in [4.78, 5) is 59.7. The smallest absolute Gasteiger partial charge is 0.322 e. The molecule has 10 heteroatoms. The van der Waals surface area contributed by atoms with Gasteiger partial charge in [-0.25, -0.2) is 0 Å². The van der Waals surface area contributed by atoms with Gasteiger partial charge in [0.25, 0.3) is 0 Å². The van der Waals surface area contributed by atoms with Crippen LogP contribution in [0, 0.1) is 17.3 Å². The third-order valence-corrected chi connectivity index (χ3v) is 8.43. The molecule has 0 atom stereocenters. The molecule has 10 nitrogen and oxygen atoms in total. The van der Waals surface area contributed by atoms with Crippen LogP contribution in [0.4, 0.5) is 0 Å². The molecule has 0 aromatic carbocycles. The lowest BCUT2D eigenvalue weighted by Crippen LogP contribution is -2.68. The molecule has 0 saturated carbocycles. The fraction of sp³-hybridized carbons (Fsp3) is 0.857. The first kappa shape index (κ1) is 32.0. The molecule has 0 radical (unpaired) electrons. The molecule has 38 heavy (non-hydrogen) atoms. The van der Waals surface area contributed by atoms with Crippen LogP contribution in [0.5, 0.6) is 0 Å². The van der Waals surface area contributed by atoms with Crippen molar-refractivity contribution in [3.63, 3.8) is 0 Å². The number of carbonyl (C=O) groups is 4. The summed E-state index contributed by atoms with van der Waals surface area (Å²) in [5.41, 5.74) is -4.16. The monoisotopic (exact) mass is 538 g/mol. The summed E-state index contributed by atoms with van der Waals surface area (Å²) in [7, 11) is 0. The Hall–Kier alpha value is -2.20. The van der Waals surface area contributed by atoms with Crippen LogP contribution in [-0.2, 0) is 28.9 Å². The fourth-order valence-electron chi connectivity index (χ4n) is 7.71. The van der Waals surface area contributed by atoms with E-state index in [9.17, 15) is 29.4 Å². The molecule has 2 heterocycles. The minimum Gasteiger partial charge on any atom is -0.550 e. The predicted molar refractivity (Wildman–Crippen MR) is 135 cm³/mol. The molecule has 0 amide bonds. The maximum absolute atomic E-state index is 13.4. The predicted octanol–water partition coefficient (Wildman–Crippen LogP) is 2.14. The molecule has 0 aromatic rings. The SMILES string of the molecule is CC(=O)ON1C(C)(C)CC(C(CCCC(=O)[O-])(C(=O)[O-])C2CC(C)(C)N(OC(C)=O)C(C)(C)C2)CC1(C)C. The first-order valence-electron chi connectivity index (χ1n) is 13.5. The van der Waals surface area contributed by atoms with E-state index in [-0.39, 0.29) is 19.3 Å². The van der Waals surface area contributed by atoms with E-state index < -0.39 is 63.3 Å². The lowest BCUT2D eigenvalue weighted by atomic mass is 9.52. The largest absolute Gasteiger partial charge is 0.550 e. The molecule has 218 valence electrons. The Labute approximate surface area is 226 Å². The van der Waals surface area contributed by atoms with Gasteiger partial charge in [-0.15, -0.1) is 10.1 Å². The molecular formula is C28H46N2O8-2. The number of rotatable bonds is 9. The van der Waals surface area contributed by atoms with E-state index in [1.807, 2.05) is 55.4 Å². The summed E-state index contributed by atoms with van der Waals surface area (Å²) in [6.07, 6.45) is 1.57. The third-order valence-electron chi connectivity index (χ3n) is 8.43. The highest BCUT2D eigenvalue weighted by Gasteiger charge is 2.60. The van der Waals surface area contributed by atoms with Crippen molar-refractivity contribution in [1.82, 2.24) is 10.1 Å². The molecule has 0 aromatic heterocycles. The zero-order valence-electron chi connectivity index (χ0n) is 24.8. The van der Waals surface area contributed by atoms with Gasteiger partial charge in [-0.1, -0.05) is 0 Å². The number of aliphatic carboxylic acids is 2. The van der Waals surface area contributed by atoms with Gasteiger partial charge in [0.05, 0.1) is 22.2 Å². The number of hydrogen-bond acceptors (Lipinski definition) is 10. The van der Waals surface area contributed by atoms with E-state index in [2.05, 4.69) is 0 Å². The number of carbonyl (C=O) groups excluding carboxylic acids is 4. The highest BCUT2D eigenvalue weighted by molar-refractivity contribution is 5.74. The first-order chi connectivity index (χ1) is 17.1. The van der Waals surface area contributed by atoms with Crippen LogP contribution < -0.4 is 10.2 Å². The van der Waals surface area contributed by atoms with Gasteiger partial charge in [-0.3, -0.25) is 9.59 Å². The topological polar surface area (TPSA) is 139 Å². The van der Waals surface area contributed by atoms with Crippen molar-refractivity contribution in [3.05, 3.63) is 0 Å². The van der Waals surface area contributed by atoms with Gasteiger partial charge in [0, 0.05) is 31.2 Å². The lowest BCUT2D eigenvalue weighted by Gasteiger charge is -2.62. The number of hydroxylamine groups is 4. The Balaban J connectivity index is 2.65. The Morgan fingerprint density at radius 2 is 1.03 bits per heavy atom. The van der Waals surface area contributed by atoms with Crippen molar-refractivity contribution >= 4 is 23.9 Å². The number of piperidine rings is 2. The Morgan fingerprint density at radius 3 is 1.26 bits per heavy atom. The van der Waals surface area contributed by atoms with E-state index in [0.717, 1.165) is 0 Å². The van der Waals surface area contributed by atoms with Gasteiger partial charge >= 0.3 is 11.9 Å². The van der Waals surface area contributed by atoms with Crippen LogP contribution >= 0.6 is 0 Å². The van der Waals surface area contributed by atoms with Gasteiger partial charge < -0.3 is 29.5 Å². The average molecular weight is 539 g/mol. The molecule has 2 aliphatic heterocycles. The van der Waals surface area contributed by atoms with Crippen LogP contribution in [-0.4, -0.2) is 56.2 Å². The van der Waals surface area contributed by atoms with Gasteiger partial charge in [0.15, 0.2) is 0 Å². The van der Waals surface area contributed by atoms with Crippen LogP contribution in [0.15, 0.2) is 0 Å². The summed E-state index contributed by atoms with van der Waals surface area (Å²) in [6, 6.07) is 0. The second-order valence-corrected chi connectivity index (χ2v) is 13.8. The summed E-state index contributed by atoms with van der Waals surface area (Å²) in [5, 5.41) is 28.0. The molecular weight excluding hydrogens is 492 g/mol. The maximum Gasteiger partial charge on any atom is 0.322 e. The van der Waals surface area contributed by atoms with E-state index in [1.165, 1.54) is 13.8 Å². The van der Waals surface area contributed by atoms with Gasteiger partial charge in [-0.05, 0) is 112 Å². The molecule has 0 spiro atoms. The summed E-state index contributed by atoms with van der Waals surface area (Å²) in [5.74, 6) is -4.14. The molecule has 0 unspecified atom stereocenters. The fourth-order valence-corrected chi connectivity index (χ4v) is 7.71. The molecule has 2 rings (SSSR count). The van der Waals surface area contributed by atoms with Crippen molar-refractivity contribution in [2.45, 2.75) is 136 Å². The molecule has 0 bridgehead atoms. The summed E-state index contributed by atoms with van der Waals surface area (Å²) in [6.45, 7) is 18.0. The van der Waals surface area contributed by atoms with Crippen LogP contribution in [0.25, 0.3) is 0 Å². The summed E-state index contributed by atoms with van der Waals surface area (Å²) >= 11 is 0. The van der Waals surface area contributed by atoms with Crippen molar-refractivity contribution in [3.8, 4) is 0 Å². The van der Waals surface area contributed by atoms with Crippen molar-refractivity contribution in [2.75, 3.05) is 0 Å². The molecule has 0 N–H and O–H groups in total. The van der Waals surface area contributed by atoms with Gasteiger partial charge in [0.1, 0.15) is 0 Å². The van der Waals surface area contributed by atoms with Crippen molar-refractivity contribution in [2.24, 2.45) is 17.3 Å². The Kier molecular flexibility index (Phi) is 9.06. The van der Waals surface area contributed by atoms with E-state index >= 15 is 0 Å². The second-order valence-electron chi connectivity index (χ2n) is 13.8. The Bertz CT molecular complexity index is 847. The summed E-state index contributed by atoms with van der Waals surface area (Å²) < 4.78 is 0. The van der Waals surface area contributed by atoms with Crippen molar-refractivity contribution < 1.29 is 39.1 Å². The van der Waals surface area contributed by atoms with E-state index in [0.29, 0.717) is 25.7 Å². The lowest BCUT2D eigenvalue weighted by molar-refractivity contribution is -0.339. The zero-order valence-corrected chi connectivity index (χ0v) is 24.8. The van der Waals surface area contributed by atoms with Crippen LogP contribution in [0.2, 0.25) is 0 Å². The molecule has 2 aliphatic rings. The maximum atomic E-state index is 13.4. The van der Waals surface area contributed by atoms with Gasteiger partial charge in [0.2, 0.25) is 0 Å². The quantitative estimate of drug-likeness (QED) is 0.429. The number of nitrogens with zero attached hydrogens (tertiary/aromatic N) is 2. The normalized spacial score (nSPS) is 23.9. The standard InChI is InChI=1S/C28H48N2O8/c1-18(31)37-29-24(3,4)14-20(15-25(29,5)6)28(23(35)36,13-11-12-22(33)34)21-16-26(7,8)30(38-19(2)32)27(9,10)17-21/h20-21H,11-17H2,1-10H3,(H,33,34)(H,35,36)/p-2. The van der Waals surface area contributed by atoms with Gasteiger partial charge in [-0.2, -0.15) is 0 Å². The van der Waals surface area contributed by atoms with Crippen LogP contribution in [0.1, 0.15) is 114 Å². The second kappa shape index (κ2) is 10.8. The van der Waals surface area contributed by atoms with E-state index in [4.69, 9.17) is 9.68 Å². The minimum atomic E-state index is -1.37. The van der Waals surface area contributed by atoms with Crippen molar-refractivity contribution in [1.29, 1.82) is 0 Å². The molecule has 0 aliphatic carbocycles. The number of carboxylic acids is 2. The van der Waals surface area contributed by atoms with Crippen LogP contribution in [0.3, 0.4) is 0 Å². The third kappa shape index (κ3) is 6.50. The zero-order chi connectivity index (χ0) is 29.5. The average Bonchev–Trinajstić information content (AvgIpc) is 2.69. The Morgan fingerprint density at radius 1 is 0.711 bits per heavy atom. The molecule has 2 saturated heterocycles.